The van der Waals surface area contributed by atoms with Crippen LogP contribution in [0.5, 0.6) is 0 Å². The van der Waals surface area contributed by atoms with Gasteiger partial charge in [0.05, 0.1) is 23.4 Å². The smallest absolute Gasteiger partial charge is 0.407 e. The van der Waals surface area contributed by atoms with Crippen LogP contribution >= 0.6 is 0 Å². The Morgan fingerprint density at radius 1 is 0.942 bits per heavy atom. The van der Waals surface area contributed by atoms with Gasteiger partial charge in [0, 0.05) is 67.2 Å². The number of pyridine rings is 1. The van der Waals surface area contributed by atoms with Gasteiger partial charge in [0.1, 0.15) is 0 Å². The summed E-state index contributed by atoms with van der Waals surface area (Å²) in [6.45, 7) is 12.1. The van der Waals surface area contributed by atoms with Crippen molar-refractivity contribution >= 4 is 28.6 Å². The van der Waals surface area contributed by atoms with Crippen LogP contribution in [0.3, 0.4) is 0 Å². The Kier molecular flexibility index (Phi) is 10.7. The molecule has 3 aliphatic heterocycles. The van der Waals surface area contributed by atoms with Crippen LogP contribution in [-0.4, -0.2) is 92.8 Å². The number of nitrogens with zero attached hydrogens (tertiary/aromatic N) is 7. The van der Waals surface area contributed by atoms with Crippen LogP contribution in [0.1, 0.15) is 111 Å². The highest BCUT2D eigenvalue weighted by Crippen LogP contribution is 2.46. The van der Waals surface area contributed by atoms with E-state index in [-0.39, 0.29) is 17.9 Å². The van der Waals surface area contributed by atoms with Crippen LogP contribution in [0.25, 0.3) is 10.8 Å². The number of benzene rings is 1. The van der Waals surface area contributed by atoms with E-state index in [1.54, 1.807) is 4.90 Å². The molecule has 1 atom stereocenters. The fraction of sp³-hybridized carbons (Fsp3) is 0.610. The average Bonchev–Trinajstić information content (AvgIpc) is 3.17. The van der Waals surface area contributed by atoms with Gasteiger partial charge in [-0.3, -0.25) is 9.78 Å². The largest absolute Gasteiger partial charge is 0.465 e. The Morgan fingerprint density at radius 2 is 1.65 bits per heavy atom. The number of carbonyl (C=O) groups is 2. The van der Waals surface area contributed by atoms with Gasteiger partial charge in [-0.25, -0.2) is 4.79 Å². The molecule has 4 aliphatic rings. The highest BCUT2D eigenvalue weighted by molar-refractivity contribution is 5.93. The van der Waals surface area contributed by atoms with Crippen molar-refractivity contribution in [1.82, 2.24) is 29.9 Å². The summed E-state index contributed by atoms with van der Waals surface area (Å²) in [7, 11) is 0. The molecule has 0 bridgehead atoms. The molecule has 52 heavy (non-hydrogen) atoms. The highest BCUT2D eigenvalue weighted by atomic mass is 16.4. The summed E-state index contributed by atoms with van der Waals surface area (Å²) in [4.78, 5) is 36.2. The predicted molar refractivity (Wildman–Crippen MR) is 201 cm³/mol. The lowest BCUT2D eigenvalue weighted by atomic mass is 9.65. The number of piperidine rings is 3. The number of carboxylic acid groups (broad SMARTS) is 1. The van der Waals surface area contributed by atoms with Crippen molar-refractivity contribution < 1.29 is 14.7 Å². The number of nitriles is 1. The van der Waals surface area contributed by atoms with Gasteiger partial charge in [-0.1, -0.05) is 12.1 Å². The summed E-state index contributed by atoms with van der Waals surface area (Å²) in [5, 5.41) is 33.3. The molecule has 11 nitrogen and oxygen atoms in total. The lowest BCUT2D eigenvalue weighted by Gasteiger charge is -2.46. The maximum atomic E-state index is 13.7. The van der Waals surface area contributed by atoms with Gasteiger partial charge in [-0.05, 0) is 133 Å². The fourth-order valence-electron chi connectivity index (χ4n) is 9.57. The van der Waals surface area contributed by atoms with E-state index < -0.39 is 6.09 Å². The third-order valence-corrected chi connectivity index (χ3v) is 13.1. The predicted octanol–water partition coefficient (Wildman–Crippen LogP) is 7.05. The number of hydrogen-bond donors (Lipinski definition) is 2. The molecule has 0 radical (unpaired) electrons. The van der Waals surface area contributed by atoms with Crippen LogP contribution in [0, 0.1) is 42.4 Å². The zero-order valence-electron chi connectivity index (χ0n) is 31.1. The number of aryl methyl sites for hydroxylation is 1. The van der Waals surface area contributed by atoms with Gasteiger partial charge >= 0.3 is 6.09 Å². The molecule has 11 heteroatoms. The third kappa shape index (κ3) is 7.59. The van der Waals surface area contributed by atoms with Gasteiger partial charge in [-0.2, -0.15) is 10.4 Å². The molecule has 1 aromatic carbocycles. The summed E-state index contributed by atoms with van der Waals surface area (Å²) in [6, 6.07) is 10.2. The summed E-state index contributed by atoms with van der Waals surface area (Å²) >= 11 is 0. The summed E-state index contributed by atoms with van der Waals surface area (Å²) in [5.74, 6) is 2.16. The normalized spacial score (nSPS) is 21.3. The van der Waals surface area contributed by atoms with Crippen molar-refractivity contribution in [3.05, 3.63) is 58.5 Å². The van der Waals surface area contributed by atoms with Crippen LogP contribution in [0.2, 0.25) is 0 Å². The van der Waals surface area contributed by atoms with E-state index in [0.29, 0.717) is 35.8 Å². The maximum Gasteiger partial charge on any atom is 0.407 e. The van der Waals surface area contributed by atoms with Gasteiger partial charge in [0.25, 0.3) is 0 Å². The molecule has 7 rings (SSSR count). The molecule has 1 aliphatic carbocycles. The van der Waals surface area contributed by atoms with Crippen molar-refractivity contribution in [1.29, 1.82) is 5.26 Å². The summed E-state index contributed by atoms with van der Waals surface area (Å²) in [6.07, 6.45) is 11.8. The number of likely N-dealkylation sites (tertiary alicyclic amines) is 3. The number of aromatic nitrogens is 3. The van der Waals surface area contributed by atoms with Gasteiger partial charge in [-0.15, -0.1) is 5.10 Å². The van der Waals surface area contributed by atoms with E-state index in [9.17, 15) is 20.0 Å². The van der Waals surface area contributed by atoms with Gasteiger partial charge in [0.15, 0.2) is 5.82 Å². The first-order valence-corrected chi connectivity index (χ1v) is 19.5. The van der Waals surface area contributed by atoms with Crippen molar-refractivity contribution in [2.24, 2.45) is 17.3 Å². The van der Waals surface area contributed by atoms with Crippen LogP contribution in [0.4, 0.5) is 10.6 Å². The molecule has 2 N–H and O–H groups in total. The molecule has 2 aromatic heterocycles. The van der Waals surface area contributed by atoms with Crippen molar-refractivity contribution in [3.63, 3.8) is 0 Å². The van der Waals surface area contributed by atoms with Crippen LogP contribution in [-0.2, 0) is 4.79 Å². The monoisotopic (exact) mass is 706 g/mol. The molecule has 4 fully saturated rings. The van der Waals surface area contributed by atoms with E-state index >= 15 is 0 Å². The molecule has 1 spiro atoms. The molecular formula is C41H54N8O3. The van der Waals surface area contributed by atoms with Crippen molar-refractivity contribution in [2.75, 3.05) is 51.1 Å². The van der Waals surface area contributed by atoms with E-state index in [4.69, 9.17) is 4.98 Å². The van der Waals surface area contributed by atoms with Crippen LogP contribution in [0.15, 0.2) is 30.5 Å². The lowest BCUT2D eigenvalue weighted by molar-refractivity contribution is -0.138. The molecule has 276 valence electrons. The molecule has 5 heterocycles. The maximum absolute atomic E-state index is 13.7. The van der Waals surface area contributed by atoms with E-state index in [2.05, 4.69) is 44.4 Å². The Morgan fingerprint density at radius 3 is 2.33 bits per heavy atom. The number of carbonyl (C=O) groups excluding carboxylic acids is 1. The van der Waals surface area contributed by atoms with E-state index in [0.717, 1.165) is 110 Å². The minimum Gasteiger partial charge on any atom is -0.465 e. The van der Waals surface area contributed by atoms with Crippen LogP contribution < -0.4 is 5.32 Å². The standard InChI is InChI=1S/C41H54N8O3/c1-27-33(24-42)5-4-6-34(27)28(2)44-38-35-23-37(43-25-36(35)29(3)45-46-38)31-11-19-48(20-12-31)39(50)32-9-17-47(18-10-32)26-30-7-13-41(14-8-30)15-21-49(22-16-41)40(51)52/h4-6,23,25,28,30-32H,7-22,26H2,1-3H3,(H,44,46)(H,51,52)/t28-/m1/s1. The number of nitrogens with one attached hydrogen (secondary N) is 1. The number of amides is 2. The fourth-order valence-corrected chi connectivity index (χ4v) is 9.57. The van der Waals surface area contributed by atoms with E-state index in [1.807, 2.05) is 38.2 Å². The second-order valence-electron chi connectivity index (χ2n) is 16.2. The second kappa shape index (κ2) is 15.4. The SMILES string of the molecule is Cc1c(C#N)cccc1[C@@H](C)Nc1nnc(C)c2cnc(C3CCN(C(=O)C4CCN(CC5CCC6(CC5)CCN(C(=O)O)CC6)CC4)CC3)cc12. The zero-order chi connectivity index (χ0) is 36.4. The summed E-state index contributed by atoms with van der Waals surface area (Å²) in [5.41, 5.74) is 4.94. The average molecular weight is 707 g/mol. The highest BCUT2D eigenvalue weighted by Gasteiger charge is 2.40. The first-order valence-electron chi connectivity index (χ1n) is 19.5. The van der Waals surface area contributed by atoms with Crippen molar-refractivity contribution in [3.8, 4) is 6.07 Å². The molecule has 0 unspecified atom stereocenters. The Balaban J connectivity index is 0.896. The second-order valence-corrected chi connectivity index (χ2v) is 16.2. The minimum atomic E-state index is -0.773. The van der Waals surface area contributed by atoms with Gasteiger partial charge in [0.2, 0.25) is 5.91 Å². The number of fused-ring (bicyclic) bond motifs is 1. The topological polar surface area (TPSA) is 139 Å². The van der Waals surface area contributed by atoms with Crippen molar-refractivity contribution in [2.45, 2.75) is 96.9 Å². The molecule has 1 saturated carbocycles. The lowest BCUT2D eigenvalue weighted by Crippen LogP contribution is -2.47. The molecular weight excluding hydrogens is 653 g/mol. The Bertz CT molecular complexity index is 1810. The Hall–Kier alpha value is -4.30. The first-order chi connectivity index (χ1) is 25.1. The molecule has 3 saturated heterocycles. The molecule has 3 aromatic rings. The number of hydrogen-bond acceptors (Lipinski definition) is 8. The quantitative estimate of drug-likeness (QED) is 0.265. The van der Waals surface area contributed by atoms with E-state index in [1.165, 1.54) is 25.7 Å². The zero-order valence-corrected chi connectivity index (χ0v) is 31.1. The van der Waals surface area contributed by atoms with Gasteiger partial charge < -0.3 is 25.1 Å². The number of anilines is 1. The third-order valence-electron chi connectivity index (χ3n) is 13.1. The number of rotatable bonds is 7. The Labute approximate surface area is 307 Å². The summed E-state index contributed by atoms with van der Waals surface area (Å²) < 4.78 is 0. The first kappa shape index (κ1) is 36.1. The minimum absolute atomic E-state index is 0.0669. The molecule has 2 amide bonds.